The average molecular weight is 608 g/mol. The SMILES string of the molecule is CCOC(=O)c1c(NC(=O)c2ccc(O[C@@H](C)C(=O)Nc3ccc(Br)cc3)cc2)sc(C)c1-c1ccccc1. The Kier molecular flexibility index (Phi) is 9.16. The number of hydrogen-bond acceptors (Lipinski definition) is 6. The van der Waals surface area contributed by atoms with Gasteiger partial charge in [-0.2, -0.15) is 0 Å². The van der Waals surface area contributed by atoms with E-state index < -0.39 is 12.1 Å². The number of thiophene rings is 1. The molecule has 2 N–H and O–H groups in total. The molecule has 4 aromatic rings. The fourth-order valence-corrected chi connectivity index (χ4v) is 5.20. The van der Waals surface area contributed by atoms with Crippen LogP contribution in [0.5, 0.6) is 5.75 Å². The summed E-state index contributed by atoms with van der Waals surface area (Å²) in [6, 6.07) is 23.2. The van der Waals surface area contributed by atoms with E-state index in [1.807, 2.05) is 49.4 Å². The molecule has 0 unspecified atom stereocenters. The van der Waals surface area contributed by atoms with Gasteiger partial charge in [-0.3, -0.25) is 9.59 Å². The number of esters is 1. The van der Waals surface area contributed by atoms with Crippen molar-refractivity contribution in [2.75, 3.05) is 17.2 Å². The molecule has 200 valence electrons. The van der Waals surface area contributed by atoms with Crippen LogP contribution in [0.2, 0.25) is 0 Å². The molecular weight excluding hydrogens is 580 g/mol. The summed E-state index contributed by atoms with van der Waals surface area (Å²) in [7, 11) is 0. The van der Waals surface area contributed by atoms with Crippen LogP contribution in [0.4, 0.5) is 10.7 Å². The summed E-state index contributed by atoms with van der Waals surface area (Å²) in [5.74, 6) is -0.729. The van der Waals surface area contributed by atoms with Crippen molar-refractivity contribution in [3.05, 3.63) is 99.3 Å². The lowest BCUT2D eigenvalue weighted by Gasteiger charge is -2.15. The zero-order chi connectivity index (χ0) is 27.9. The van der Waals surface area contributed by atoms with Gasteiger partial charge in [-0.1, -0.05) is 46.3 Å². The summed E-state index contributed by atoms with van der Waals surface area (Å²) in [4.78, 5) is 39.4. The third kappa shape index (κ3) is 6.93. The van der Waals surface area contributed by atoms with Crippen LogP contribution >= 0.6 is 27.3 Å². The summed E-state index contributed by atoms with van der Waals surface area (Å²) in [5, 5.41) is 6.10. The molecule has 0 aliphatic rings. The molecule has 0 aliphatic heterocycles. The van der Waals surface area contributed by atoms with Gasteiger partial charge in [0.05, 0.1) is 6.61 Å². The van der Waals surface area contributed by atoms with Gasteiger partial charge in [-0.05, 0) is 74.9 Å². The Morgan fingerprint density at radius 3 is 2.23 bits per heavy atom. The van der Waals surface area contributed by atoms with Crippen LogP contribution in [0.3, 0.4) is 0 Å². The van der Waals surface area contributed by atoms with Gasteiger partial charge in [-0.15, -0.1) is 11.3 Å². The Morgan fingerprint density at radius 1 is 0.923 bits per heavy atom. The zero-order valence-corrected chi connectivity index (χ0v) is 24.0. The molecule has 0 radical (unpaired) electrons. The van der Waals surface area contributed by atoms with E-state index in [0.717, 1.165) is 20.5 Å². The van der Waals surface area contributed by atoms with Crippen LogP contribution in [-0.4, -0.2) is 30.5 Å². The van der Waals surface area contributed by atoms with E-state index in [4.69, 9.17) is 9.47 Å². The van der Waals surface area contributed by atoms with Crippen LogP contribution in [0, 0.1) is 6.92 Å². The van der Waals surface area contributed by atoms with Gasteiger partial charge in [0.2, 0.25) is 0 Å². The second-order valence-corrected chi connectivity index (χ2v) is 10.7. The van der Waals surface area contributed by atoms with Crippen molar-refractivity contribution in [2.24, 2.45) is 0 Å². The monoisotopic (exact) mass is 606 g/mol. The Morgan fingerprint density at radius 2 is 1.59 bits per heavy atom. The molecule has 3 aromatic carbocycles. The van der Waals surface area contributed by atoms with Gasteiger partial charge in [0.25, 0.3) is 11.8 Å². The van der Waals surface area contributed by atoms with E-state index in [1.165, 1.54) is 11.3 Å². The van der Waals surface area contributed by atoms with Gasteiger partial charge in [0.1, 0.15) is 16.3 Å². The maximum absolute atomic E-state index is 13.1. The van der Waals surface area contributed by atoms with E-state index in [0.29, 0.717) is 27.6 Å². The molecule has 1 heterocycles. The van der Waals surface area contributed by atoms with Crippen molar-refractivity contribution >= 4 is 55.7 Å². The van der Waals surface area contributed by atoms with Gasteiger partial charge >= 0.3 is 5.97 Å². The summed E-state index contributed by atoms with van der Waals surface area (Å²) < 4.78 is 12.0. The number of carbonyl (C=O) groups is 3. The summed E-state index contributed by atoms with van der Waals surface area (Å²) in [5.41, 5.74) is 2.98. The highest BCUT2D eigenvalue weighted by Crippen LogP contribution is 2.40. The van der Waals surface area contributed by atoms with E-state index in [9.17, 15) is 14.4 Å². The highest BCUT2D eigenvalue weighted by atomic mass is 79.9. The topological polar surface area (TPSA) is 93.7 Å². The molecule has 1 aromatic heterocycles. The third-order valence-electron chi connectivity index (χ3n) is 5.76. The predicted molar refractivity (Wildman–Crippen MR) is 158 cm³/mol. The second-order valence-electron chi connectivity index (χ2n) is 8.56. The van der Waals surface area contributed by atoms with Crippen molar-refractivity contribution in [3.63, 3.8) is 0 Å². The van der Waals surface area contributed by atoms with Crippen molar-refractivity contribution in [1.29, 1.82) is 0 Å². The molecule has 0 saturated heterocycles. The van der Waals surface area contributed by atoms with Gasteiger partial charge in [-0.25, -0.2) is 4.79 Å². The molecule has 0 fully saturated rings. The molecule has 1 atom stereocenters. The molecule has 7 nitrogen and oxygen atoms in total. The van der Waals surface area contributed by atoms with E-state index in [-0.39, 0.29) is 18.4 Å². The molecule has 0 spiro atoms. The number of anilines is 2. The Hall–Kier alpha value is -3.95. The first-order valence-corrected chi connectivity index (χ1v) is 13.9. The normalized spacial score (nSPS) is 11.4. The first-order chi connectivity index (χ1) is 18.8. The van der Waals surface area contributed by atoms with Crippen LogP contribution in [0.1, 0.15) is 39.4 Å². The number of carbonyl (C=O) groups excluding carboxylic acids is 3. The third-order valence-corrected chi connectivity index (χ3v) is 7.31. The fourth-order valence-electron chi connectivity index (χ4n) is 3.88. The van der Waals surface area contributed by atoms with Crippen molar-refractivity contribution < 1.29 is 23.9 Å². The lowest BCUT2D eigenvalue weighted by Crippen LogP contribution is -2.30. The van der Waals surface area contributed by atoms with Crippen LogP contribution in [0.25, 0.3) is 11.1 Å². The smallest absolute Gasteiger partial charge is 0.341 e. The van der Waals surface area contributed by atoms with Gasteiger partial charge in [0, 0.05) is 26.2 Å². The number of nitrogens with one attached hydrogen (secondary N) is 2. The summed E-state index contributed by atoms with van der Waals surface area (Å²) in [6.45, 7) is 5.52. The quantitative estimate of drug-likeness (QED) is 0.195. The predicted octanol–water partition coefficient (Wildman–Crippen LogP) is 7.32. The number of rotatable bonds is 9. The minimum atomic E-state index is -0.758. The number of benzene rings is 3. The van der Waals surface area contributed by atoms with Crippen LogP contribution < -0.4 is 15.4 Å². The number of aryl methyl sites for hydroxylation is 1. The van der Waals surface area contributed by atoms with Crippen molar-refractivity contribution in [3.8, 4) is 16.9 Å². The molecule has 0 aliphatic carbocycles. The van der Waals surface area contributed by atoms with Crippen molar-refractivity contribution in [1.82, 2.24) is 0 Å². The molecular formula is C30H27BrN2O5S. The Labute approximate surface area is 239 Å². The van der Waals surface area contributed by atoms with Crippen LogP contribution in [0.15, 0.2) is 83.3 Å². The van der Waals surface area contributed by atoms with Crippen molar-refractivity contribution in [2.45, 2.75) is 26.9 Å². The first kappa shape index (κ1) is 28.1. The largest absolute Gasteiger partial charge is 0.481 e. The number of amides is 2. The highest BCUT2D eigenvalue weighted by molar-refractivity contribution is 9.10. The van der Waals surface area contributed by atoms with E-state index in [2.05, 4.69) is 26.6 Å². The fraction of sp³-hybridized carbons (Fsp3) is 0.167. The molecule has 4 rings (SSSR count). The standard InChI is InChI=1S/C30H27BrN2O5S/c1-4-37-30(36)26-25(20-8-6-5-7-9-20)19(3)39-29(26)33-28(35)21-10-16-24(17-11-21)38-18(2)27(34)32-23-14-12-22(31)13-15-23/h5-18H,4H2,1-3H3,(H,32,34)(H,33,35)/t18-/m0/s1. The second kappa shape index (κ2) is 12.7. The molecule has 39 heavy (non-hydrogen) atoms. The van der Waals surface area contributed by atoms with E-state index >= 15 is 0 Å². The summed E-state index contributed by atoms with van der Waals surface area (Å²) in [6.07, 6.45) is -0.758. The number of hydrogen-bond donors (Lipinski definition) is 2. The maximum atomic E-state index is 13.1. The zero-order valence-electron chi connectivity index (χ0n) is 21.6. The summed E-state index contributed by atoms with van der Waals surface area (Å²) >= 11 is 4.69. The molecule has 9 heteroatoms. The first-order valence-electron chi connectivity index (χ1n) is 12.3. The minimum absolute atomic E-state index is 0.219. The molecule has 0 saturated carbocycles. The minimum Gasteiger partial charge on any atom is -0.481 e. The lowest BCUT2D eigenvalue weighted by atomic mass is 10.0. The molecule has 0 bridgehead atoms. The molecule has 2 amide bonds. The lowest BCUT2D eigenvalue weighted by molar-refractivity contribution is -0.122. The van der Waals surface area contributed by atoms with Crippen LogP contribution in [-0.2, 0) is 9.53 Å². The highest BCUT2D eigenvalue weighted by Gasteiger charge is 2.26. The van der Waals surface area contributed by atoms with Gasteiger partial charge < -0.3 is 20.1 Å². The van der Waals surface area contributed by atoms with Gasteiger partial charge in [0.15, 0.2) is 6.10 Å². The number of ether oxygens (including phenoxy) is 2. The number of halogens is 1. The Bertz CT molecular complexity index is 1470. The average Bonchev–Trinajstić information content (AvgIpc) is 3.26. The Balaban J connectivity index is 1.47. The maximum Gasteiger partial charge on any atom is 0.341 e. The van der Waals surface area contributed by atoms with E-state index in [1.54, 1.807) is 50.2 Å².